The molecule has 2 aromatic heterocycles. The van der Waals surface area contributed by atoms with Crippen molar-refractivity contribution in [1.29, 1.82) is 0 Å². The molecule has 1 aliphatic heterocycles. The van der Waals surface area contributed by atoms with Crippen molar-refractivity contribution in [1.82, 2.24) is 9.55 Å². The number of hydrogen-bond acceptors (Lipinski definition) is 4. The Morgan fingerprint density at radius 1 is 1.27 bits per heavy atom. The Hall–Kier alpha value is -2.60. The summed E-state index contributed by atoms with van der Waals surface area (Å²) in [5, 5.41) is 0. The molecular weight excluding hydrogens is 285 g/mol. The van der Waals surface area contributed by atoms with Gasteiger partial charge in [0.2, 0.25) is 0 Å². The maximum absolute atomic E-state index is 13.3. The first kappa shape index (κ1) is 14.3. The Kier molecular flexibility index (Phi) is 4.20. The van der Waals surface area contributed by atoms with Gasteiger partial charge >= 0.3 is 0 Å². The molecule has 2 aromatic rings. The number of aliphatic imine (C=N–C) groups is 1. The van der Waals surface area contributed by atoms with E-state index in [1.807, 2.05) is 0 Å². The van der Waals surface area contributed by atoms with Gasteiger partial charge in [0.15, 0.2) is 0 Å². The van der Waals surface area contributed by atoms with Crippen molar-refractivity contribution in [2.45, 2.75) is 13.2 Å². The number of allylic oxidation sites excluding steroid dienone is 1. The van der Waals surface area contributed by atoms with Crippen LogP contribution in [-0.2, 0) is 17.9 Å². The number of nitrogens with zero attached hydrogens (tertiary/aromatic N) is 3. The van der Waals surface area contributed by atoms with E-state index >= 15 is 0 Å². The molecule has 0 aliphatic carbocycles. The molecule has 0 saturated carbocycles. The standard InChI is InChI=1S/C16H14FN3O2/c17-13-5-7-22-11-15-12(8-19-9-13)3-4-16(21)20(15)14-2-1-6-18-10-14/h1-6,9-10H,7-8,11H2/b13-5+,19-9-. The van der Waals surface area contributed by atoms with Crippen molar-refractivity contribution in [2.24, 2.45) is 4.99 Å². The van der Waals surface area contributed by atoms with Crippen molar-refractivity contribution in [3.05, 3.63) is 70.2 Å². The molecule has 0 N–H and O–H groups in total. The number of hydrogen-bond donors (Lipinski definition) is 0. The van der Waals surface area contributed by atoms with Crippen molar-refractivity contribution in [2.75, 3.05) is 6.61 Å². The maximum atomic E-state index is 13.3. The van der Waals surface area contributed by atoms with Crippen LogP contribution in [0.4, 0.5) is 4.39 Å². The minimum atomic E-state index is -0.427. The second kappa shape index (κ2) is 6.44. The van der Waals surface area contributed by atoms with Crippen molar-refractivity contribution in [3.63, 3.8) is 0 Å². The first-order valence-corrected chi connectivity index (χ1v) is 6.83. The zero-order valence-electron chi connectivity index (χ0n) is 11.8. The molecule has 3 rings (SSSR count). The molecule has 0 spiro atoms. The van der Waals surface area contributed by atoms with Crippen LogP contribution in [0.2, 0.25) is 0 Å². The highest BCUT2D eigenvalue weighted by molar-refractivity contribution is 5.75. The third-order valence-corrected chi connectivity index (χ3v) is 3.30. The van der Waals surface area contributed by atoms with Gasteiger partial charge in [-0.05, 0) is 29.8 Å². The van der Waals surface area contributed by atoms with Crippen LogP contribution in [0.15, 0.2) is 58.3 Å². The second-order valence-corrected chi connectivity index (χ2v) is 4.76. The normalized spacial score (nSPS) is 18.9. The molecule has 22 heavy (non-hydrogen) atoms. The molecular formula is C16H14FN3O2. The summed E-state index contributed by atoms with van der Waals surface area (Å²) >= 11 is 0. The number of rotatable bonds is 1. The molecule has 0 aromatic carbocycles. The Morgan fingerprint density at radius 2 is 2.18 bits per heavy atom. The molecule has 0 unspecified atom stereocenters. The van der Waals surface area contributed by atoms with Crippen LogP contribution in [0.5, 0.6) is 0 Å². The van der Waals surface area contributed by atoms with Crippen molar-refractivity contribution in [3.8, 4) is 5.69 Å². The van der Waals surface area contributed by atoms with Gasteiger partial charge < -0.3 is 4.74 Å². The Balaban J connectivity index is 2.12. The van der Waals surface area contributed by atoms with Crippen LogP contribution < -0.4 is 5.56 Å². The van der Waals surface area contributed by atoms with Gasteiger partial charge in [-0.15, -0.1) is 0 Å². The van der Waals surface area contributed by atoms with Crippen molar-refractivity contribution >= 4 is 6.21 Å². The van der Waals surface area contributed by atoms with E-state index in [9.17, 15) is 9.18 Å². The molecule has 1 aliphatic rings. The third-order valence-electron chi connectivity index (χ3n) is 3.30. The van der Waals surface area contributed by atoms with Gasteiger partial charge in [0.05, 0.1) is 43.6 Å². The summed E-state index contributed by atoms with van der Waals surface area (Å²) in [5.74, 6) is -0.427. The van der Waals surface area contributed by atoms with Gasteiger partial charge in [-0.3, -0.25) is 19.3 Å². The smallest absolute Gasteiger partial charge is 0.255 e. The number of ether oxygens (including phenoxy) is 1. The summed E-state index contributed by atoms with van der Waals surface area (Å²) in [5.41, 5.74) is 2.01. The van der Waals surface area contributed by atoms with Gasteiger partial charge in [-0.25, -0.2) is 4.39 Å². The first-order valence-electron chi connectivity index (χ1n) is 6.83. The fourth-order valence-corrected chi connectivity index (χ4v) is 2.27. The highest BCUT2D eigenvalue weighted by atomic mass is 19.1. The lowest BCUT2D eigenvalue weighted by atomic mass is 10.1. The zero-order valence-corrected chi connectivity index (χ0v) is 11.8. The fraction of sp³-hybridized carbons (Fsp3) is 0.188. The van der Waals surface area contributed by atoms with Crippen LogP contribution in [0, 0.1) is 0 Å². The third kappa shape index (κ3) is 3.01. The second-order valence-electron chi connectivity index (χ2n) is 4.76. The lowest BCUT2D eigenvalue weighted by Crippen LogP contribution is -2.23. The number of halogens is 1. The molecule has 0 saturated heterocycles. The highest BCUT2D eigenvalue weighted by Crippen LogP contribution is 2.15. The van der Waals surface area contributed by atoms with Gasteiger partial charge in [0, 0.05) is 12.3 Å². The Bertz CT molecular complexity index is 782. The van der Waals surface area contributed by atoms with Crippen molar-refractivity contribution < 1.29 is 9.13 Å². The molecule has 0 amide bonds. The van der Waals surface area contributed by atoms with Gasteiger partial charge in [0.1, 0.15) is 5.83 Å². The Labute approximate surface area is 126 Å². The van der Waals surface area contributed by atoms with Crippen LogP contribution >= 0.6 is 0 Å². The molecule has 0 radical (unpaired) electrons. The summed E-state index contributed by atoms with van der Waals surface area (Å²) in [6, 6.07) is 6.74. The minimum absolute atomic E-state index is 0.118. The number of aromatic nitrogens is 2. The van der Waals surface area contributed by atoms with Crippen LogP contribution in [0.3, 0.4) is 0 Å². The van der Waals surface area contributed by atoms with Crippen LogP contribution in [-0.4, -0.2) is 22.4 Å². The summed E-state index contributed by atoms with van der Waals surface area (Å²) in [6.45, 7) is 0.591. The van der Waals surface area contributed by atoms with E-state index in [2.05, 4.69) is 9.98 Å². The molecule has 0 fully saturated rings. The monoisotopic (exact) mass is 299 g/mol. The van der Waals surface area contributed by atoms with E-state index in [1.54, 1.807) is 35.2 Å². The van der Waals surface area contributed by atoms with E-state index < -0.39 is 5.83 Å². The predicted molar refractivity (Wildman–Crippen MR) is 80.9 cm³/mol. The summed E-state index contributed by atoms with van der Waals surface area (Å²) in [7, 11) is 0. The van der Waals surface area contributed by atoms with Gasteiger partial charge in [0.25, 0.3) is 5.56 Å². The van der Waals surface area contributed by atoms with Gasteiger partial charge in [-0.1, -0.05) is 0 Å². The van der Waals surface area contributed by atoms with E-state index in [4.69, 9.17) is 4.74 Å². The largest absolute Gasteiger partial charge is 0.371 e. The summed E-state index contributed by atoms with van der Waals surface area (Å²) in [4.78, 5) is 20.4. The predicted octanol–water partition coefficient (Wildman–Crippen LogP) is 2.19. The average Bonchev–Trinajstić information content (AvgIpc) is 2.54. The lowest BCUT2D eigenvalue weighted by Gasteiger charge is -2.16. The molecule has 0 atom stereocenters. The first-order chi connectivity index (χ1) is 10.8. The number of pyridine rings is 2. The van der Waals surface area contributed by atoms with E-state index in [1.165, 1.54) is 12.1 Å². The molecule has 3 heterocycles. The molecule has 0 bridgehead atoms. The summed E-state index contributed by atoms with van der Waals surface area (Å²) in [6.07, 6.45) is 5.73. The van der Waals surface area contributed by atoms with E-state index in [-0.39, 0.29) is 25.3 Å². The zero-order chi connectivity index (χ0) is 15.4. The van der Waals surface area contributed by atoms with E-state index in [0.717, 1.165) is 11.8 Å². The quantitative estimate of drug-likeness (QED) is 0.811. The summed E-state index contributed by atoms with van der Waals surface area (Å²) < 4.78 is 20.3. The van der Waals surface area contributed by atoms with E-state index in [0.29, 0.717) is 11.4 Å². The fourth-order valence-electron chi connectivity index (χ4n) is 2.27. The maximum Gasteiger partial charge on any atom is 0.255 e. The minimum Gasteiger partial charge on any atom is -0.371 e. The SMILES string of the molecule is O=c1ccc2c(n1-c1cccnc1)COC/C=C(F)\C=N/C2. The van der Waals surface area contributed by atoms with Crippen LogP contribution in [0.1, 0.15) is 11.3 Å². The van der Waals surface area contributed by atoms with Crippen LogP contribution in [0.25, 0.3) is 5.69 Å². The molecule has 112 valence electrons. The van der Waals surface area contributed by atoms with Gasteiger partial charge in [-0.2, -0.15) is 0 Å². The molecule has 6 heteroatoms. The highest BCUT2D eigenvalue weighted by Gasteiger charge is 2.12. The number of fused-ring (bicyclic) bond motifs is 1. The average molecular weight is 299 g/mol. The lowest BCUT2D eigenvalue weighted by molar-refractivity contribution is 0.142. The topological polar surface area (TPSA) is 56.5 Å². The molecule has 5 nitrogen and oxygen atoms in total. The Morgan fingerprint density at radius 3 is 3.00 bits per heavy atom.